The summed E-state index contributed by atoms with van der Waals surface area (Å²) in [6.45, 7) is 0.474. The van der Waals surface area contributed by atoms with E-state index in [1.807, 2.05) is 42.5 Å². The number of thioether (sulfide) groups is 1. The summed E-state index contributed by atoms with van der Waals surface area (Å²) in [4.78, 5) is 5.18. The van der Waals surface area contributed by atoms with Crippen molar-refractivity contribution in [1.29, 1.82) is 5.41 Å². The number of amidine groups is 1. The van der Waals surface area contributed by atoms with Crippen LogP contribution in [0.25, 0.3) is 16.8 Å². The maximum atomic E-state index is 7.74. The fraction of sp³-hybridized carbons (Fsp3) is 0.125. The maximum absolute atomic E-state index is 7.74. The van der Waals surface area contributed by atoms with Gasteiger partial charge in [0, 0.05) is 10.5 Å². The molecule has 1 aliphatic rings. The average molecular weight is 428 g/mol. The van der Waals surface area contributed by atoms with Crippen molar-refractivity contribution in [2.75, 3.05) is 0 Å². The van der Waals surface area contributed by atoms with Crippen LogP contribution in [0.2, 0.25) is 0 Å². The van der Waals surface area contributed by atoms with Gasteiger partial charge in [-0.15, -0.1) is 11.8 Å². The SMILES string of the molecule is N=C(N)C1Cc2cc(-c3ccccc3OCc3ccc(-n4cncn4)cc3)ccc2S1. The number of aromatic nitrogens is 3. The molecule has 0 bridgehead atoms. The van der Waals surface area contributed by atoms with Crippen molar-refractivity contribution in [2.24, 2.45) is 5.73 Å². The lowest BCUT2D eigenvalue weighted by Crippen LogP contribution is -2.24. The Bertz CT molecular complexity index is 1220. The number of para-hydroxylation sites is 1. The average Bonchev–Trinajstić information content (AvgIpc) is 3.48. The zero-order valence-electron chi connectivity index (χ0n) is 16.7. The first-order chi connectivity index (χ1) is 15.2. The maximum Gasteiger partial charge on any atom is 0.138 e. The minimum absolute atomic E-state index is 0.0391. The van der Waals surface area contributed by atoms with Crippen molar-refractivity contribution in [3.8, 4) is 22.6 Å². The third-order valence-corrected chi connectivity index (χ3v) is 6.65. The topological polar surface area (TPSA) is 89.8 Å². The fourth-order valence-electron chi connectivity index (χ4n) is 3.67. The molecule has 6 nitrogen and oxygen atoms in total. The molecule has 0 amide bonds. The van der Waals surface area contributed by atoms with E-state index in [9.17, 15) is 0 Å². The van der Waals surface area contributed by atoms with E-state index in [1.165, 1.54) is 16.8 Å². The van der Waals surface area contributed by atoms with Gasteiger partial charge in [0.1, 0.15) is 30.8 Å². The van der Waals surface area contributed by atoms with Gasteiger partial charge in [-0.1, -0.05) is 36.4 Å². The fourth-order valence-corrected chi connectivity index (χ4v) is 4.80. The molecule has 31 heavy (non-hydrogen) atoms. The highest BCUT2D eigenvalue weighted by Crippen LogP contribution is 2.40. The van der Waals surface area contributed by atoms with Crippen LogP contribution in [0.4, 0.5) is 0 Å². The molecule has 0 fully saturated rings. The lowest BCUT2D eigenvalue weighted by Gasteiger charge is -2.13. The quantitative estimate of drug-likeness (QED) is 0.350. The lowest BCUT2D eigenvalue weighted by molar-refractivity contribution is 0.307. The van der Waals surface area contributed by atoms with Crippen LogP contribution in [0.3, 0.4) is 0 Å². The summed E-state index contributed by atoms with van der Waals surface area (Å²) in [6, 6.07) is 22.6. The van der Waals surface area contributed by atoms with E-state index in [0.29, 0.717) is 6.61 Å². The van der Waals surface area contributed by atoms with E-state index in [-0.39, 0.29) is 11.1 Å². The van der Waals surface area contributed by atoms with Gasteiger partial charge in [-0.2, -0.15) is 5.10 Å². The number of hydrogen-bond acceptors (Lipinski definition) is 5. The predicted molar refractivity (Wildman–Crippen MR) is 123 cm³/mol. The summed E-state index contributed by atoms with van der Waals surface area (Å²) in [7, 11) is 0. The summed E-state index contributed by atoms with van der Waals surface area (Å²) in [5.41, 5.74) is 11.2. The largest absolute Gasteiger partial charge is 0.488 e. The van der Waals surface area contributed by atoms with Gasteiger partial charge in [0.05, 0.1) is 10.9 Å². The molecule has 3 aromatic carbocycles. The molecule has 7 heteroatoms. The van der Waals surface area contributed by atoms with Gasteiger partial charge in [-0.25, -0.2) is 9.67 Å². The van der Waals surface area contributed by atoms with Crippen molar-refractivity contribution in [1.82, 2.24) is 14.8 Å². The molecule has 0 aliphatic carbocycles. The number of nitrogens with zero attached hydrogens (tertiary/aromatic N) is 3. The Morgan fingerprint density at radius 3 is 2.74 bits per heavy atom. The van der Waals surface area contributed by atoms with Crippen LogP contribution < -0.4 is 10.5 Å². The second-order valence-electron chi connectivity index (χ2n) is 7.38. The normalized spacial score (nSPS) is 14.9. The smallest absolute Gasteiger partial charge is 0.138 e. The molecule has 0 saturated carbocycles. The minimum atomic E-state index is 0.0391. The number of hydrogen-bond donors (Lipinski definition) is 2. The number of benzene rings is 3. The highest BCUT2D eigenvalue weighted by Gasteiger charge is 2.25. The Hall–Kier alpha value is -3.58. The van der Waals surface area contributed by atoms with Crippen molar-refractivity contribution in [3.63, 3.8) is 0 Å². The van der Waals surface area contributed by atoms with E-state index in [0.717, 1.165) is 34.5 Å². The summed E-state index contributed by atoms with van der Waals surface area (Å²) >= 11 is 1.67. The Morgan fingerprint density at radius 1 is 1.13 bits per heavy atom. The Balaban J connectivity index is 1.34. The number of ether oxygens (including phenoxy) is 1. The summed E-state index contributed by atoms with van der Waals surface area (Å²) in [6.07, 6.45) is 3.99. The third kappa shape index (κ3) is 4.04. The Labute approximate surface area is 184 Å². The van der Waals surface area contributed by atoms with Crippen LogP contribution in [0.15, 0.2) is 84.3 Å². The van der Waals surface area contributed by atoms with E-state index in [4.69, 9.17) is 15.9 Å². The third-order valence-electron chi connectivity index (χ3n) is 5.29. The first kappa shape index (κ1) is 19.4. The Kier molecular flexibility index (Phi) is 5.18. The van der Waals surface area contributed by atoms with Gasteiger partial charge in [-0.05, 0) is 53.4 Å². The van der Waals surface area contributed by atoms with Crippen LogP contribution in [0.5, 0.6) is 5.75 Å². The monoisotopic (exact) mass is 427 g/mol. The molecule has 0 spiro atoms. The molecule has 1 aliphatic heterocycles. The van der Waals surface area contributed by atoms with Crippen LogP contribution in [-0.4, -0.2) is 25.9 Å². The van der Waals surface area contributed by atoms with Gasteiger partial charge in [0.25, 0.3) is 0 Å². The molecule has 154 valence electrons. The minimum Gasteiger partial charge on any atom is -0.488 e. The van der Waals surface area contributed by atoms with Crippen molar-refractivity contribution >= 4 is 17.6 Å². The van der Waals surface area contributed by atoms with Gasteiger partial charge >= 0.3 is 0 Å². The molecule has 1 unspecified atom stereocenters. The summed E-state index contributed by atoms with van der Waals surface area (Å²) in [5, 5.41) is 11.9. The number of nitrogens with two attached hydrogens (primary N) is 1. The summed E-state index contributed by atoms with van der Waals surface area (Å²) < 4.78 is 7.92. The van der Waals surface area contributed by atoms with Crippen molar-refractivity contribution in [2.45, 2.75) is 23.2 Å². The predicted octanol–water partition coefficient (Wildman–Crippen LogP) is 4.47. The van der Waals surface area contributed by atoms with Gasteiger partial charge in [-0.3, -0.25) is 5.41 Å². The van der Waals surface area contributed by atoms with E-state index in [2.05, 4.69) is 34.3 Å². The molecule has 2 heterocycles. The van der Waals surface area contributed by atoms with Crippen molar-refractivity contribution < 1.29 is 4.74 Å². The number of fused-ring (bicyclic) bond motifs is 1. The van der Waals surface area contributed by atoms with E-state index in [1.54, 1.807) is 22.8 Å². The molecular weight excluding hydrogens is 406 g/mol. The Morgan fingerprint density at radius 2 is 1.97 bits per heavy atom. The number of rotatable bonds is 6. The molecular formula is C24H21N5OS. The second kappa shape index (κ2) is 8.28. The zero-order chi connectivity index (χ0) is 21.2. The zero-order valence-corrected chi connectivity index (χ0v) is 17.5. The van der Waals surface area contributed by atoms with Crippen LogP contribution in [0, 0.1) is 5.41 Å². The molecule has 0 radical (unpaired) electrons. The van der Waals surface area contributed by atoms with Crippen LogP contribution in [-0.2, 0) is 13.0 Å². The van der Waals surface area contributed by atoms with E-state index < -0.39 is 0 Å². The molecule has 1 aromatic heterocycles. The molecule has 1 atom stereocenters. The first-order valence-corrected chi connectivity index (χ1v) is 10.8. The highest BCUT2D eigenvalue weighted by atomic mass is 32.2. The van der Waals surface area contributed by atoms with Gasteiger partial charge in [0.15, 0.2) is 0 Å². The van der Waals surface area contributed by atoms with Gasteiger partial charge < -0.3 is 10.5 Å². The van der Waals surface area contributed by atoms with Gasteiger partial charge in [0.2, 0.25) is 0 Å². The molecule has 4 aromatic rings. The summed E-state index contributed by atoms with van der Waals surface area (Å²) in [5.74, 6) is 1.08. The lowest BCUT2D eigenvalue weighted by atomic mass is 10.00. The highest BCUT2D eigenvalue weighted by molar-refractivity contribution is 8.01. The van der Waals surface area contributed by atoms with E-state index >= 15 is 0 Å². The molecule has 5 rings (SSSR count). The van der Waals surface area contributed by atoms with Crippen LogP contribution >= 0.6 is 11.8 Å². The number of nitrogens with one attached hydrogen (secondary N) is 1. The standard InChI is InChI=1S/C24H21N5OS/c25-24(26)23-12-18-11-17(7-10-22(18)31-23)20-3-1-2-4-21(20)30-13-16-5-8-19(9-6-16)29-15-27-14-28-29/h1-11,14-15,23H,12-13H2,(H3,25,26). The second-order valence-corrected chi connectivity index (χ2v) is 8.62. The van der Waals surface area contributed by atoms with Crippen LogP contribution in [0.1, 0.15) is 11.1 Å². The molecule has 0 saturated heterocycles. The first-order valence-electron chi connectivity index (χ1n) is 9.97. The molecule has 3 N–H and O–H groups in total. The van der Waals surface area contributed by atoms with Crippen molar-refractivity contribution in [3.05, 3.63) is 90.5 Å².